The first kappa shape index (κ1) is 17.2. The van der Waals surface area contributed by atoms with E-state index in [1.807, 2.05) is 11.8 Å². The van der Waals surface area contributed by atoms with Crippen molar-refractivity contribution in [2.75, 3.05) is 20.2 Å². The summed E-state index contributed by atoms with van der Waals surface area (Å²) in [5, 5.41) is 9.11. The SMILES string of the molecule is CCC(CN1CCCC1C(=O)O)OC(=O)/C=C/C(=O)OC. The number of hydrogen-bond donors (Lipinski definition) is 1. The van der Waals surface area contributed by atoms with Crippen molar-refractivity contribution in [3.63, 3.8) is 0 Å². The van der Waals surface area contributed by atoms with Gasteiger partial charge in [-0.05, 0) is 25.8 Å². The van der Waals surface area contributed by atoms with Gasteiger partial charge in [0.05, 0.1) is 7.11 Å². The monoisotopic (exact) mass is 299 g/mol. The second kappa shape index (κ2) is 8.41. The van der Waals surface area contributed by atoms with Crippen molar-refractivity contribution in [1.82, 2.24) is 4.90 Å². The van der Waals surface area contributed by atoms with Gasteiger partial charge in [-0.1, -0.05) is 6.92 Å². The van der Waals surface area contributed by atoms with Crippen LogP contribution in [0.5, 0.6) is 0 Å². The van der Waals surface area contributed by atoms with E-state index >= 15 is 0 Å². The quantitative estimate of drug-likeness (QED) is 0.543. The summed E-state index contributed by atoms with van der Waals surface area (Å²) in [5.74, 6) is -2.12. The van der Waals surface area contributed by atoms with Gasteiger partial charge in [0.25, 0.3) is 0 Å². The number of carbonyl (C=O) groups is 3. The number of carboxylic acid groups (broad SMARTS) is 1. The molecule has 118 valence electrons. The van der Waals surface area contributed by atoms with E-state index in [-0.39, 0.29) is 0 Å². The van der Waals surface area contributed by atoms with Crippen LogP contribution >= 0.6 is 0 Å². The number of rotatable bonds is 7. The minimum absolute atomic E-state index is 0.380. The predicted molar refractivity (Wildman–Crippen MR) is 73.6 cm³/mol. The summed E-state index contributed by atoms with van der Waals surface area (Å²) in [6.07, 6.45) is 3.60. The summed E-state index contributed by atoms with van der Waals surface area (Å²) < 4.78 is 9.59. The first-order valence-corrected chi connectivity index (χ1v) is 6.91. The van der Waals surface area contributed by atoms with E-state index in [1.54, 1.807) is 0 Å². The smallest absolute Gasteiger partial charge is 0.331 e. The lowest BCUT2D eigenvalue weighted by atomic mass is 10.2. The van der Waals surface area contributed by atoms with Crippen LogP contribution < -0.4 is 0 Å². The molecule has 1 N–H and O–H groups in total. The molecule has 1 saturated heterocycles. The maximum atomic E-state index is 11.6. The van der Waals surface area contributed by atoms with Crippen LogP contribution in [0.3, 0.4) is 0 Å². The molecule has 0 aromatic heterocycles. The Hall–Kier alpha value is -1.89. The summed E-state index contributed by atoms with van der Waals surface area (Å²) in [5.41, 5.74) is 0. The molecule has 1 heterocycles. The van der Waals surface area contributed by atoms with E-state index in [1.165, 1.54) is 7.11 Å². The topological polar surface area (TPSA) is 93.1 Å². The fraction of sp³-hybridized carbons (Fsp3) is 0.643. The number of carbonyl (C=O) groups excluding carboxylic acids is 2. The van der Waals surface area contributed by atoms with Crippen LogP contribution in [0.4, 0.5) is 0 Å². The molecule has 1 rings (SSSR count). The van der Waals surface area contributed by atoms with Crippen LogP contribution in [0.25, 0.3) is 0 Å². The van der Waals surface area contributed by atoms with Crippen molar-refractivity contribution in [3.8, 4) is 0 Å². The van der Waals surface area contributed by atoms with Crippen LogP contribution in [-0.2, 0) is 23.9 Å². The number of hydrogen-bond acceptors (Lipinski definition) is 6. The van der Waals surface area contributed by atoms with Crippen LogP contribution in [0.15, 0.2) is 12.2 Å². The lowest BCUT2D eigenvalue weighted by molar-refractivity contribution is -0.146. The zero-order chi connectivity index (χ0) is 15.8. The van der Waals surface area contributed by atoms with Crippen LogP contribution in [0, 0.1) is 0 Å². The Labute approximate surface area is 123 Å². The molecule has 0 bridgehead atoms. The highest BCUT2D eigenvalue weighted by molar-refractivity contribution is 5.91. The molecule has 2 unspecified atom stereocenters. The fourth-order valence-electron chi connectivity index (χ4n) is 2.24. The summed E-state index contributed by atoms with van der Waals surface area (Å²) in [6, 6.07) is -0.511. The van der Waals surface area contributed by atoms with Crippen LogP contribution in [0.1, 0.15) is 26.2 Å². The van der Waals surface area contributed by atoms with E-state index in [2.05, 4.69) is 4.74 Å². The molecule has 1 aliphatic heterocycles. The third-order valence-electron chi connectivity index (χ3n) is 3.38. The summed E-state index contributed by atoms with van der Waals surface area (Å²) in [7, 11) is 1.21. The molecule has 7 nitrogen and oxygen atoms in total. The third-order valence-corrected chi connectivity index (χ3v) is 3.38. The van der Waals surface area contributed by atoms with Gasteiger partial charge in [0.15, 0.2) is 0 Å². The van der Waals surface area contributed by atoms with Gasteiger partial charge in [-0.25, -0.2) is 9.59 Å². The highest BCUT2D eigenvalue weighted by atomic mass is 16.5. The molecule has 1 fully saturated rings. The van der Waals surface area contributed by atoms with E-state index in [4.69, 9.17) is 9.84 Å². The molecule has 0 saturated carbocycles. The number of esters is 2. The second-order valence-electron chi connectivity index (χ2n) is 4.81. The number of carboxylic acids is 1. The molecular weight excluding hydrogens is 278 g/mol. The molecule has 0 spiro atoms. The van der Waals surface area contributed by atoms with E-state index in [9.17, 15) is 14.4 Å². The van der Waals surface area contributed by atoms with Crippen molar-refractivity contribution in [2.45, 2.75) is 38.3 Å². The average Bonchev–Trinajstić information content (AvgIpc) is 2.92. The van der Waals surface area contributed by atoms with Gasteiger partial charge < -0.3 is 14.6 Å². The number of ether oxygens (including phenoxy) is 2. The number of aliphatic carboxylic acids is 1. The summed E-state index contributed by atoms with van der Waals surface area (Å²) in [6.45, 7) is 2.92. The van der Waals surface area contributed by atoms with Crippen molar-refractivity contribution < 1.29 is 29.0 Å². The van der Waals surface area contributed by atoms with Gasteiger partial charge in [-0.3, -0.25) is 9.69 Å². The van der Waals surface area contributed by atoms with Crippen LogP contribution in [0.2, 0.25) is 0 Å². The Morgan fingerprint density at radius 1 is 1.33 bits per heavy atom. The maximum Gasteiger partial charge on any atom is 0.331 e. The van der Waals surface area contributed by atoms with Crippen molar-refractivity contribution in [3.05, 3.63) is 12.2 Å². The summed E-state index contributed by atoms with van der Waals surface area (Å²) in [4.78, 5) is 35.4. The Bertz CT molecular complexity index is 420. The van der Waals surface area contributed by atoms with Crippen molar-refractivity contribution in [1.29, 1.82) is 0 Å². The predicted octanol–water partition coefficient (Wildman–Crippen LogP) is 0.586. The third kappa shape index (κ3) is 5.55. The zero-order valence-corrected chi connectivity index (χ0v) is 12.3. The number of likely N-dealkylation sites (tertiary alicyclic amines) is 1. The Morgan fingerprint density at radius 3 is 2.57 bits per heavy atom. The first-order valence-electron chi connectivity index (χ1n) is 6.91. The highest BCUT2D eigenvalue weighted by Crippen LogP contribution is 2.18. The lowest BCUT2D eigenvalue weighted by Gasteiger charge is -2.25. The Balaban J connectivity index is 2.51. The molecule has 0 radical (unpaired) electrons. The lowest BCUT2D eigenvalue weighted by Crippen LogP contribution is -2.41. The highest BCUT2D eigenvalue weighted by Gasteiger charge is 2.32. The molecule has 0 aliphatic carbocycles. The van der Waals surface area contributed by atoms with Gasteiger partial charge in [-0.2, -0.15) is 0 Å². The van der Waals surface area contributed by atoms with Gasteiger partial charge in [0.1, 0.15) is 12.1 Å². The molecule has 1 aliphatic rings. The van der Waals surface area contributed by atoms with Crippen molar-refractivity contribution in [2.24, 2.45) is 0 Å². The van der Waals surface area contributed by atoms with E-state index in [0.717, 1.165) is 18.6 Å². The molecular formula is C14H21NO6. The largest absolute Gasteiger partial charge is 0.480 e. The fourth-order valence-corrected chi connectivity index (χ4v) is 2.24. The zero-order valence-electron chi connectivity index (χ0n) is 12.3. The second-order valence-corrected chi connectivity index (χ2v) is 4.81. The minimum Gasteiger partial charge on any atom is -0.480 e. The van der Waals surface area contributed by atoms with Gasteiger partial charge in [0, 0.05) is 18.7 Å². The molecule has 0 aromatic rings. The number of methoxy groups -OCH3 is 1. The molecule has 7 heteroatoms. The Morgan fingerprint density at radius 2 is 2.00 bits per heavy atom. The number of nitrogens with zero attached hydrogens (tertiary/aromatic N) is 1. The first-order chi connectivity index (χ1) is 9.97. The normalized spacial score (nSPS) is 20.4. The van der Waals surface area contributed by atoms with Gasteiger partial charge >= 0.3 is 17.9 Å². The molecule has 0 amide bonds. The van der Waals surface area contributed by atoms with Crippen molar-refractivity contribution >= 4 is 17.9 Å². The molecule has 0 aromatic carbocycles. The van der Waals surface area contributed by atoms with E-state index < -0.39 is 30.1 Å². The standard InChI is InChI=1S/C14H21NO6/c1-3-10(21-13(17)7-6-12(16)20-2)9-15-8-4-5-11(15)14(18)19/h6-7,10-11H,3-5,8-9H2,1-2H3,(H,18,19)/b7-6+. The van der Waals surface area contributed by atoms with E-state index in [0.29, 0.717) is 25.9 Å². The van der Waals surface area contributed by atoms with Gasteiger partial charge in [-0.15, -0.1) is 0 Å². The van der Waals surface area contributed by atoms with Gasteiger partial charge in [0.2, 0.25) is 0 Å². The minimum atomic E-state index is -0.848. The van der Waals surface area contributed by atoms with Crippen LogP contribution in [-0.4, -0.2) is 60.3 Å². The maximum absolute atomic E-state index is 11.6. The molecule has 21 heavy (non-hydrogen) atoms. The Kier molecular flexibility index (Phi) is 6.87. The molecule has 2 atom stereocenters. The average molecular weight is 299 g/mol. The summed E-state index contributed by atoms with van der Waals surface area (Å²) >= 11 is 0.